The predicted molar refractivity (Wildman–Crippen MR) is 100 cm³/mol. The minimum atomic E-state index is -1.39. The number of aromatic carboxylic acids is 1. The molecule has 0 aliphatic carbocycles. The van der Waals surface area contributed by atoms with E-state index in [1.54, 1.807) is 23.8 Å². The van der Waals surface area contributed by atoms with Crippen LogP contribution in [0.1, 0.15) is 23.0 Å². The Bertz CT molecular complexity index is 1090. The highest BCUT2D eigenvalue weighted by Gasteiger charge is 2.22. The highest BCUT2D eigenvalue weighted by Crippen LogP contribution is 2.27. The Labute approximate surface area is 163 Å². The summed E-state index contributed by atoms with van der Waals surface area (Å²) >= 11 is 11.6. The molecule has 0 fully saturated rings. The number of halogens is 3. The highest BCUT2D eigenvalue weighted by atomic mass is 35.5. The predicted octanol–water partition coefficient (Wildman–Crippen LogP) is 3.92. The maximum Gasteiger partial charge on any atom is 0.341 e. The topological polar surface area (TPSA) is 77.1 Å². The smallest absolute Gasteiger partial charge is 0.341 e. The molecule has 2 aromatic heterocycles. The van der Waals surface area contributed by atoms with Crippen LogP contribution in [0, 0.1) is 5.82 Å². The van der Waals surface area contributed by atoms with Crippen LogP contribution in [0.2, 0.25) is 10.2 Å². The number of benzene rings is 1. The molecule has 0 atom stereocenters. The molecule has 27 heavy (non-hydrogen) atoms. The average Bonchev–Trinajstić information content (AvgIpc) is 3.01. The SMILES string of the molecule is CCn1c(Cn2ccc(Cl)n2)cc(=O)c(C(=O)O)c1-c1ccc(Cl)c(F)c1. The standard InChI is InChI=1S/C18H14Cl2FN3O3/c1-2-24-11(9-23-6-5-15(20)22-23)8-14(25)16(18(26)27)17(24)10-3-4-12(19)13(21)7-10/h3-8H,2,9H2,1H3,(H,26,27). The molecule has 0 spiro atoms. The molecule has 6 nitrogen and oxygen atoms in total. The molecule has 3 rings (SSSR count). The van der Waals surface area contributed by atoms with Crippen molar-refractivity contribution >= 4 is 29.2 Å². The fourth-order valence-electron chi connectivity index (χ4n) is 2.93. The Morgan fingerprint density at radius 1 is 1.26 bits per heavy atom. The van der Waals surface area contributed by atoms with Crippen LogP contribution in [0.25, 0.3) is 11.3 Å². The third kappa shape index (κ3) is 3.74. The van der Waals surface area contributed by atoms with E-state index in [-0.39, 0.29) is 22.8 Å². The zero-order valence-electron chi connectivity index (χ0n) is 14.1. The van der Waals surface area contributed by atoms with E-state index in [9.17, 15) is 19.1 Å². The second-order valence-electron chi connectivity index (χ2n) is 5.74. The Hall–Kier alpha value is -2.64. The molecule has 0 saturated heterocycles. The molecular weight excluding hydrogens is 396 g/mol. The van der Waals surface area contributed by atoms with Crippen LogP contribution in [-0.2, 0) is 13.1 Å². The van der Waals surface area contributed by atoms with E-state index < -0.39 is 22.8 Å². The number of pyridine rings is 1. The van der Waals surface area contributed by atoms with E-state index in [4.69, 9.17) is 23.2 Å². The van der Waals surface area contributed by atoms with Crippen molar-refractivity contribution in [1.29, 1.82) is 0 Å². The van der Waals surface area contributed by atoms with Crippen molar-refractivity contribution in [2.24, 2.45) is 0 Å². The average molecular weight is 410 g/mol. The van der Waals surface area contributed by atoms with E-state index in [0.29, 0.717) is 17.4 Å². The van der Waals surface area contributed by atoms with Gasteiger partial charge in [0.15, 0.2) is 10.6 Å². The van der Waals surface area contributed by atoms with Crippen molar-refractivity contribution in [2.45, 2.75) is 20.0 Å². The van der Waals surface area contributed by atoms with Crippen molar-refractivity contribution in [3.05, 3.63) is 74.0 Å². The fourth-order valence-corrected chi connectivity index (χ4v) is 3.20. The van der Waals surface area contributed by atoms with Crippen molar-refractivity contribution in [3.63, 3.8) is 0 Å². The molecule has 0 amide bonds. The number of carboxylic acids is 1. The zero-order valence-corrected chi connectivity index (χ0v) is 15.6. The van der Waals surface area contributed by atoms with E-state index in [2.05, 4.69) is 5.10 Å². The quantitative estimate of drug-likeness (QED) is 0.692. The molecular formula is C18H14Cl2FN3O3. The first kappa shape index (κ1) is 19.1. The maximum atomic E-state index is 14.0. The van der Waals surface area contributed by atoms with Gasteiger partial charge in [-0.25, -0.2) is 9.18 Å². The maximum absolute atomic E-state index is 14.0. The molecule has 0 unspecified atom stereocenters. The molecule has 0 radical (unpaired) electrons. The number of nitrogens with zero attached hydrogens (tertiary/aromatic N) is 3. The molecule has 140 valence electrons. The Kier molecular flexibility index (Phi) is 5.34. The molecule has 0 bridgehead atoms. The van der Waals surface area contributed by atoms with Crippen molar-refractivity contribution in [1.82, 2.24) is 14.3 Å². The van der Waals surface area contributed by atoms with Crippen molar-refractivity contribution in [2.75, 3.05) is 0 Å². The van der Waals surface area contributed by atoms with Gasteiger partial charge < -0.3 is 9.67 Å². The van der Waals surface area contributed by atoms with Gasteiger partial charge in [0, 0.05) is 30.1 Å². The molecule has 3 aromatic rings. The monoisotopic (exact) mass is 409 g/mol. The molecule has 1 aromatic carbocycles. The van der Waals surface area contributed by atoms with Gasteiger partial charge in [0.1, 0.15) is 11.4 Å². The van der Waals surface area contributed by atoms with Crippen LogP contribution in [0.5, 0.6) is 0 Å². The summed E-state index contributed by atoms with van der Waals surface area (Å²) in [7, 11) is 0. The Morgan fingerprint density at radius 3 is 2.56 bits per heavy atom. The summed E-state index contributed by atoms with van der Waals surface area (Å²) < 4.78 is 17.2. The first-order chi connectivity index (χ1) is 12.8. The summed E-state index contributed by atoms with van der Waals surface area (Å²) in [4.78, 5) is 24.3. The number of aromatic nitrogens is 3. The van der Waals surface area contributed by atoms with Gasteiger partial charge in [0.05, 0.1) is 17.3 Å². The second-order valence-corrected chi connectivity index (χ2v) is 6.53. The Morgan fingerprint density at radius 2 is 2.00 bits per heavy atom. The molecule has 0 saturated carbocycles. The molecule has 1 N–H and O–H groups in total. The van der Waals surface area contributed by atoms with Gasteiger partial charge in [-0.1, -0.05) is 29.3 Å². The summed E-state index contributed by atoms with van der Waals surface area (Å²) in [6, 6.07) is 6.76. The number of carboxylic acid groups (broad SMARTS) is 1. The minimum absolute atomic E-state index is 0.0941. The van der Waals surface area contributed by atoms with E-state index in [0.717, 1.165) is 6.07 Å². The molecule has 0 aliphatic heterocycles. The largest absolute Gasteiger partial charge is 0.477 e. The summed E-state index contributed by atoms with van der Waals surface area (Å²) in [5.41, 5.74) is -0.237. The van der Waals surface area contributed by atoms with E-state index in [1.165, 1.54) is 22.9 Å². The van der Waals surface area contributed by atoms with E-state index in [1.807, 2.05) is 0 Å². The number of hydrogen-bond donors (Lipinski definition) is 1. The van der Waals surface area contributed by atoms with Crippen LogP contribution in [0.4, 0.5) is 4.39 Å². The minimum Gasteiger partial charge on any atom is -0.477 e. The fraction of sp³-hybridized carbons (Fsp3) is 0.167. The normalized spacial score (nSPS) is 11.0. The van der Waals surface area contributed by atoms with Gasteiger partial charge >= 0.3 is 5.97 Å². The van der Waals surface area contributed by atoms with Crippen LogP contribution in [-0.4, -0.2) is 25.4 Å². The lowest BCUT2D eigenvalue weighted by atomic mass is 10.0. The summed E-state index contributed by atoms with van der Waals surface area (Å²) in [5, 5.41) is 13.8. The molecule has 0 aliphatic rings. The Balaban J connectivity index is 2.29. The summed E-state index contributed by atoms with van der Waals surface area (Å²) in [5.74, 6) is -2.09. The third-order valence-electron chi connectivity index (χ3n) is 4.05. The molecule has 2 heterocycles. The number of carbonyl (C=O) groups is 1. The second kappa shape index (κ2) is 7.54. The van der Waals surface area contributed by atoms with Crippen LogP contribution < -0.4 is 5.43 Å². The van der Waals surface area contributed by atoms with Gasteiger partial charge in [-0.05, 0) is 25.1 Å². The third-order valence-corrected chi connectivity index (χ3v) is 4.56. The zero-order chi connectivity index (χ0) is 19.7. The lowest BCUT2D eigenvalue weighted by Crippen LogP contribution is -2.24. The van der Waals surface area contributed by atoms with Crippen LogP contribution in [0.3, 0.4) is 0 Å². The van der Waals surface area contributed by atoms with E-state index >= 15 is 0 Å². The first-order valence-electron chi connectivity index (χ1n) is 7.96. The lowest BCUT2D eigenvalue weighted by molar-refractivity contribution is 0.0695. The molecule has 9 heteroatoms. The van der Waals surface area contributed by atoms with Crippen LogP contribution in [0.15, 0.2) is 41.3 Å². The van der Waals surface area contributed by atoms with Crippen molar-refractivity contribution in [3.8, 4) is 11.3 Å². The van der Waals surface area contributed by atoms with Gasteiger partial charge in [-0.15, -0.1) is 0 Å². The first-order valence-corrected chi connectivity index (χ1v) is 8.71. The van der Waals surface area contributed by atoms with Gasteiger partial charge in [0.25, 0.3) is 0 Å². The lowest BCUT2D eigenvalue weighted by Gasteiger charge is -2.20. The number of hydrogen-bond acceptors (Lipinski definition) is 3. The van der Waals surface area contributed by atoms with Gasteiger partial charge in [-0.2, -0.15) is 5.10 Å². The van der Waals surface area contributed by atoms with Gasteiger partial charge in [0.2, 0.25) is 0 Å². The van der Waals surface area contributed by atoms with Crippen LogP contribution >= 0.6 is 23.2 Å². The highest BCUT2D eigenvalue weighted by molar-refractivity contribution is 6.30. The number of rotatable bonds is 5. The summed E-state index contributed by atoms with van der Waals surface area (Å²) in [6.07, 6.45) is 1.64. The summed E-state index contributed by atoms with van der Waals surface area (Å²) in [6.45, 7) is 2.34. The van der Waals surface area contributed by atoms with Gasteiger partial charge in [-0.3, -0.25) is 9.48 Å². The van der Waals surface area contributed by atoms with Crippen molar-refractivity contribution < 1.29 is 14.3 Å².